The molecule has 0 aliphatic carbocycles. The Morgan fingerprint density at radius 2 is 0.882 bits per heavy atom. The fourth-order valence-electron chi connectivity index (χ4n) is 3.75. The van der Waals surface area contributed by atoms with Crippen LogP contribution in [0, 0.1) is 0 Å². The number of hydrogen-bond donors (Lipinski definition) is 4. The molecule has 2 rings (SSSR count). The van der Waals surface area contributed by atoms with E-state index in [9.17, 15) is 19.2 Å². The predicted molar refractivity (Wildman–Crippen MR) is 141 cm³/mol. The smallest absolute Gasteiger partial charge is 0.253 e. The second-order valence-corrected chi connectivity index (χ2v) is 8.51. The van der Waals surface area contributed by atoms with Crippen molar-refractivity contribution in [1.29, 1.82) is 0 Å². The highest BCUT2D eigenvalue weighted by Crippen LogP contribution is 2.16. The van der Waals surface area contributed by atoms with Crippen LogP contribution in [0.4, 0.5) is 22.7 Å². The highest BCUT2D eigenvalue weighted by molar-refractivity contribution is 5.74. The van der Waals surface area contributed by atoms with Crippen molar-refractivity contribution < 1.29 is 0 Å². The molecule has 0 bridgehead atoms. The SMILES string of the molecule is CCN(C)CCCNc1c(NCCCNc2c(NCCCN(CC)CC)c(=O)c2=O)c(=O)c1=O. The van der Waals surface area contributed by atoms with Gasteiger partial charge in [-0.15, -0.1) is 0 Å². The number of anilines is 4. The molecule has 0 heterocycles. The summed E-state index contributed by atoms with van der Waals surface area (Å²) in [6, 6.07) is 0. The van der Waals surface area contributed by atoms with Gasteiger partial charge in [-0.25, -0.2) is 0 Å². The Labute approximate surface area is 201 Å². The normalized spacial score (nSPS) is 11.6. The number of rotatable bonds is 19. The average molecular weight is 477 g/mol. The van der Waals surface area contributed by atoms with Crippen LogP contribution in [0.3, 0.4) is 0 Å². The van der Waals surface area contributed by atoms with Gasteiger partial charge in [0.1, 0.15) is 22.7 Å². The molecule has 0 aromatic heterocycles. The Hall–Kier alpha value is -2.72. The molecule has 190 valence electrons. The highest BCUT2D eigenvalue weighted by atomic mass is 16.2. The molecule has 0 saturated carbocycles. The van der Waals surface area contributed by atoms with Crippen LogP contribution in [-0.2, 0) is 0 Å². The summed E-state index contributed by atoms with van der Waals surface area (Å²) in [6.45, 7) is 13.3. The van der Waals surface area contributed by atoms with Gasteiger partial charge in [-0.1, -0.05) is 20.8 Å². The lowest BCUT2D eigenvalue weighted by Crippen LogP contribution is -2.39. The second kappa shape index (κ2) is 13.9. The lowest BCUT2D eigenvalue weighted by atomic mass is 10.1. The fourth-order valence-corrected chi connectivity index (χ4v) is 3.75. The molecule has 0 aliphatic rings. The Kier molecular flexibility index (Phi) is 11.2. The third-order valence-electron chi connectivity index (χ3n) is 6.18. The van der Waals surface area contributed by atoms with Crippen molar-refractivity contribution in [2.24, 2.45) is 0 Å². The van der Waals surface area contributed by atoms with E-state index in [1.54, 1.807) is 0 Å². The van der Waals surface area contributed by atoms with Crippen molar-refractivity contribution in [2.75, 3.05) is 87.2 Å². The van der Waals surface area contributed by atoms with Gasteiger partial charge >= 0.3 is 0 Å². The molecular weight excluding hydrogens is 436 g/mol. The molecule has 2 aromatic rings. The van der Waals surface area contributed by atoms with Gasteiger partial charge in [0.05, 0.1) is 0 Å². The summed E-state index contributed by atoms with van der Waals surface area (Å²) in [5.41, 5.74) is -0.574. The van der Waals surface area contributed by atoms with Gasteiger partial charge in [0.15, 0.2) is 0 Å². The van der Waals surface area contributed by atoms with Crippen LogP contribution in [0.1, 0.15) is 40.0 Å². The zero-order chi connectivity index (χ0) is 25.1. The zero-order valence-electron chi connectivity index (χ0n) is 21.0. The maximum absolute atomic E-state index is 11.9. The van der Waals surface area contributed by atoms with Crippen LogP contribution in [0.15, 0.2) is 19.2 Å². The topological polar surface area (TPSA) is 123 Å². The summed E-state index contributed by atoms with van der Waals surface area (Å²) in [4.78, 5) is 52.0. The van der Waals surface area contributed by atoms with Crippen LogP contribution in [0.2, 0.25) is 0 Å². The van der Waals surface area contributed by atoms with E-state index in [0.29, 0.717) is 55.3 Å². The Balaban J connectivity index is 1.71. The van der Waals surface area contributed by atoms with E-state index in [1.165, 1.54) is 0 Å². The standard InChI is InChI=1S/C24H40N6O4/c1-5-29(4)15-9-13-27-19-17(21(31)23(19)33)25-11-8-12-26-18-20(24(34)22(18)32)28-14-10-16-30(6-2)7-3/h25-28H,5-16H2,1-4H3. The molecule has 4 N–H and O–H groups in total. The van der Waals surface area contributed by atoms with Crippen LogP contribution >= 0.6 is 0 Å². The van der Waals surface area contributed by atoms with Crippen LogP contribution in [0.5, 0.6) is 0 Å². The van der Waals surface area contributed by atoms with Gasteiger partial charge in [0.25, 0.3) is 21.7 Å². The zero-order valence-corrected chi connectivity index (χ0v) is 21.0. The third kappa shape index (κ3) is 7.14. The molecular formula is C24H40N6O4. The molecule has 10 nitrogen and oxygen atoms in total. The van der Waals surface area contributed by atoms with Crippen molar-refractivity contribution in [2.45, 2.75) is 40.0 Å². The molecule has 0 radical (unpaired) electrons. The van der Waals surface area contributed by atoms with Crippen molar-refractivity contribution in [3.63, 3.8) is 0 Å². The van der Waals surface area contributed by atoms with E-state index in [4.69, 9.17) is 0 Å². The first-order valence-electron chi connectivity index (χ1n) is 12.4. The summed E-state index contributed by atoms with van der Waals surface area (Å²) >= 11 is 0. The van der Waals surface area contributed by atoms with Gasteiger partial charge < -0.3 is 31.1 Å². The van der Waals surface area contributed by atoms with E-state index < -0.39 is 21.7 Å². The Morgan fingerprint density at radius 1 is 0.529 bits per heavy atom. The highest BCUT2D eigenvalue weighted by Gasteiger charge is 2.21. The maximum atomic E-state index is 11.9. The molecule has 2 aromatic carbocycles. The molecule has 0 saturated heterocycles. The maximum Gasteiger partial charge on any atom is 0.253 e. The van der Waals surface area contributed by atoms with E-state index >= 15 is 0 Å². The van der Waals surface area contributed by atoms with E-state index in [1.807, 2.05) is 7.05 Å². The quantitative estimate of drug-likeness (QED) is 0.170. The minimum Gasteiger partial charge on any atom is -0.380 e. The molecule has 34 heavy (non-hydrogen) atoms. The van der Waals surface area contributed by atoms with Gasteiger partial charge in [0.2, 0.25) is 0 Å². The van der Waals surface area contributed by atoms with Crippen molar-refractivity contribution in [3.8, 4) is 0 Å². The first-order valence-corrected chi connectivity index (χ1v) is 12.4. The predicted octanol–water partition coefficient (Wildman–Crippen LogP) is 0.690. The van der Waals surface area contributed by atoms with Crippen molar-refractivity contribution in [1.82, 2.24) is 9.80 Å². The first kappa shape index (κ1) is 27.5. The molecule has 0 spiro atoms. The minimum atomic E-state index is -0.500. The molecule has 0 fully saturated rings. The number of nitrogens with one attached hydrogen (secondary N) is 4. The Bertz CT molecular complexity index is 1030. The van der Waals surface area contributed by atoms with Gasteiger partial charge in [0, 0.05) is 26.2 Å². The van der Waals surface area contributed by atoms with Crippen LogP contribution in [-0.4, -0.2) is 75.8 Å². The summed E-state index contributed by atoms with van der Waals surface area (Å²) in [5, 5.41) is 12.2. The lowest BCUT2D eigenvalue weighted by molar-refractivity contribution is 0.303. The number of nitrogens with zero attached hydrogens (tertiary/aromatic N) is 2. The van der Waals surface area contributed by atoms with Gasteiger partial charge in [-0.05, 0) is 59.0 Å². The first-order chi connectivity index (χ1) is 16.3. The van der Waals surface area contributed by atoms with Crippen LogP contribution < -0.4 is 43.0 Å². The summed E-state index contributed by atoms with van der Waals surface area (Å²) in [7, 11) is 2.04. The van der Waals surface area contributed by atoms with Gasteiger partial charge in [-0.2, -0.15) is 0 Å². The lowest BCUT2D eigenvalue weighted by Gasteiger charge is -2.19. The number of hydrogen-bond acceptors (Lipinski definition) is 10. The third-order valence-corrected chi connectivity index (χ3v) is 6.18. The van der Waals surface area contributed by atoms with Crippen molar-refractivity contribution >= 4 is 22.7 Å². The summed E-state index contributed by atoms with van der Waals surface area (Å²) in [5.74, 6) is 0. The second-order valence-electron chi connectivity index (χ2n) is 8.51. The van der Waals surface area contributed by atoms with E-state index in [0.717, 1.165) is 45.6 Å². The molecule has 0 aliphatic heterocycles. The van der Waals surface area contributed by atoms with E-state index in [2.05, 4.69) is 51.8 Å². The Morgan fingerprint density at radius 3 is 1.24 bits per heavy atom. The monoisotopic (exact) mass is 476 g/mol. The average Bonchev–Trinajstić information content (AvgIpc) is 2.86. The van der Waals surface area contributed by atoms with Gasteiger partial charge in [-0.3, -0.25) is 19.2 Å². The minimum absolute atomic E-state index is 0.332. The summed E-state index contributed by atoms with van der Waals surface area (Å²) < 4.78 is 0. The largest absolute Gasteiger partial charge is 0.380 e. The fraction of sp³-hybridized carbons (Fsp3) is 0.667. The summed E-state index contributed by atoms with van der Waals surface area (Å²) in [6.07, 6.45) is 2.37. The molecule has 10 heteroatoms. The molecule has 0 amide bonds. The molecule has 0 unspecified atom stereocenters. The molecule has 0 atom stereocenters. The van der Waals surface area contributed by atoms with E-state index in [-0.39, 0.29) is 0 Å². The van der Waals surface area contributed by atoms with Crippen molar-refractivity contribution in [3.05, 3.63) is 40.9 Å². The van der Waals surface area contributed by atoms with Crippen LogP contribution in [0.25, 0.3) is 0 Å².